The lowest BCUT2D eigenvalue weighted by Gasteiger charge is -2.34. The van der Waals surface area contributed by atoms with Crippen molar-refractivity contribution in [1.29, 1.82) is 0 Å². The summed E-state index contributed by atoms with van der Waals surface area (Å²) in [6.45, 7) is 3.28. The Kier molecular flexibility index (Phi) is 6.31. The highest BCUT2D eigenvalue weighted by molar-refractivity contribution is 4.33. The van der Waals surface area contributed by atoms with Crippen LogP contribution in [-0.4, -0.2) is 63.7 Å². The normalized spacial score (nSPS) is 13.2. The van der Waals surface area contributed by atoms with E-state index in [1.54, 1.807) is 0 Å². The maximum Gasteiger partial charge on any atom is 0.115 e. The molecule has 0 unspecified atom stereocenters. The van der Waals surface area contributed by atoms with Crippen LogP contribution < -0.4 is 11.5 Å². The smallest absolute Gasteiger partial charge is 0.115 e. The Hall–Kier alpha value is -0.200. The van der Waals surface area contributed by atoms with Crippen LogP contribution in [0.3, 0.4) is 0 Å². The van der Waals surface area contributed by atoms with E-state index < -0.39 is 0 Å². The summed E-state index contributed by atoms with van der Waals surface area (Å²) in [5.74, 6) is 0. The van der Waals surface area contributed by atoms with Gasteiger partial charge in [0.25, 0.3) is 0 Å². The van der Waals surface area contributed by atoms with Gasteiger partial charge in [-0.05, 0) is 18.0 Å². The van der Waals surface area contributed by atoms with Gasteiger partial charge in [0.15, 0.2) is 0 Å². The van der Waals surface area contributed by atoms with Gasteiger partial charge in [-0.25, -0.2) is 0 Å². The molecule has 0 spiro atoms. The van der Waals surface area contributed by atoms with E-state index in [-0.39, 0.29) is 0 Å². The molecule has 0 aliphatic rings. The predicted molar refractivity (Wildman–Crippen MR) is 62.4 cm³/mol. The molecule has 0 aliphatic carbocycles. The molecule has 0 atom stereocenters. The standard InChI is InChI=1S/C10H28N4O/c1-13(2,9-5-7-11)15-14(3,4)10-6-8-12/h5-12H2,1-4H3/q+2. The molecule has 92 valence electrons. The van der Waals surface area contributed by atoms with Crippen molar-refractivity contribution in [3.63, 3.8) is 0 Å². The molecule has 0 bridgehead atoms. The van der Waals surface area contributed by atoms with Gasteiger partial charge in [0.05, 0.1) is 0 Å². The lowest BCUT2D eigenvalue weighted by Crippen LogP contribution is -2.54. The Morgan fingerprint density at radius 2 is 1.13 bits per heavy atom. The van der Waals surface area contributed by atoms with E-state index in [9.17, 15) is 0 Å². The number of rotatable bonds is 8. The van der Waals surface area contributed by atoms with Crippen LogP contribution in [0.2, 0.25) is 0 Å². The van der Waals surface area contributed by atoms with Crippen molar-refractivity contribution in [2.45, 2.75) is 12.8 Å². The number of hydrogen-bond acceptors (Lipinski definition) is 3. The predicted octanol–water partition coefficient (Wildman–Crippen LogP) is -0.317. The number of quaternary nitrogens is 2. The molecule has 0 amide bonds. The van der Waals surface area contributed by atoms with E-state index in [0.717, 1.165) is 25.9 Å². The van der Waals surface area contributed by atoms with Gasteiger partial charge >= 0.3 is 0 Å². The summed E-state index contributed by atoms with van der Waals surface area (Å²) in [4.78, 5) is 5.99. The summed E-state index contributed by atoms with van der Waals surface area (Å²) in [5, 5.41) is 0. The molecule has 0 aromatic heterocycles. The zero-order valence-corrected chi connectivity index (χ0v) is 10.7. The highest BCUT2D eigenvalue weighted by Crippen LogP contribution is 2.10. The van der Waals surface area contributed by atoms with Gasteiger partial charge < -0.3 is 11.5 Å². The van der Waals surface area contributed by atoms with E-state index in [1.165, 1.54) is 0 Å². The van der Waals surface area contributed by atoms with Crippen molar-refractivity contribution in [3.05, 3.63) is 0 Å². The molecule has 0 aromatic carbocycles. The maximum absolute atomic E-state index is 5.99. The third-order valence-corrected chi connectivity index (χ3v) is 2.24. The second-order valence-corrected chi connectivity index (χ2v) is 4.96. The molecular formula is C10H28N4O+2. The number of hydrogen-bond donors (Lipinski definition) is 2. The van der Waals surface area contributed by atoms with Gasteiger partial charge in [0.2, 0.25) is 0 Å². The fraction of sp³-hybridized carbons (Fsp3) is 1.00. The third kappa shape index (κ3) is 7.70. The molecule has 0 saturated heterocycles. The van der Waals surface area contributed by atoms with Crippen molar-refractivity contribution in [2.24, 2.45) is 11.5 Å². The molecule has 0 saturated carbocycles. The Balaban J connectivity index is 4.04. The first-order valence-electron chi connectivity index (χ1n) is 5.60. The van der Waals surface area contributed by atoms with E-state index in [0.29, 0.717) is 22.4 Å². The molecular weight excluding hydrogens is 192 g/mol. The second-order valence-electron chi connectivity index (χ2n) is 4.96. The first-order valence-corrected chi connectivity index (χ1v) is 5.60. The average Bonchev–Trinajstić information content (AvgIpc) is 2.10. The van der Waals surface area contributed by atoms with Gasteiger partial charge in [-0.1, -0.05) is 0 Å². The highest BCUT2D eigenvalue weighted by Gasteiger charge is 2.29. The SMILES string of the molecule is C[N+](C)(CCCN)O[N+](C)(C)CCCN. The van der Waals surface area contributed by atoms with Gasteiger partial charge in [-0.2, -0.15) is 0 Å². The largest absolute Gasteiger partial charge is 0.330 e. The van der Waals surface area contributed by atoms with Crippen molar-refractivity contribution < 1.29 is 14.2 Å². The fourth-order valence-corrected chi connectivity index (χ4v) is 1.62. The molecule has 4 N–H and O–H groups in total. The van der Waals surface area contributed by atoms with Crippen LogP contribution in [0.5, 0.6) is 0 Å². The zero-order valence-electron chi connectivity index (χ0n) is 10.7. The molecule has 0 aliphatic heterocycles. The molecule has 0 rings (SSSR count). The van der Waals surface area contributed by atoms with Crippen molar-refractivity contribution in [2.75, 3.05) is 54.4 Å². The summed E-state index contributed by atoms with van der Waals surface area (Å²) in [7, 11) is 8.21. The van der Waals surface area contributed by atoms with Gasteiger partial charge in [0.1, 0.15) is 41.3 Å². The maximum atomic E-state index is 5.99. The molecule has 0 heterocycles. The lowest BCUT2D eigenvalue weighted by atomic mass is 10.4. The zero-order chi connectivity index (χ0) is 11.9. The van der Waals surface area contributed by atoms with Crippen molar-refractivity contribution in [3.8, 4) is 0 Å². The monoisotopic (exact) mass is 220 g/mol. The Labute approximate surface area is 93.7 Å². The van der Waals surface area contributed by atoms with Crippen LogP contribution in [-0.2, 0) is 4.94 Å². The number of nitrogens with zero attached hydrogens (tertiary/aromatic N) is 2. The van der Waals surface area contributed by atoms with Gasteiger partial charge in [-0.3, -0.25) is 0 Å². The van der Waals surface area contributed by atoms with Crippen molar-refractivity contribution in [1.82, 2.24) is 0 Å². The number of nitrogens with two attached hydrogens (primary N) is 2. The second kappa shape index (κ2) is 6.40. The fourth-order valence-electron chi connectivity index (χ4n) is 1.62. The van der Waals surface area contributed by atoms with Crippen LogP contribution in [0, 0.1) is 0 Å². The Morgan fingerprint density at radius 1 is 0.800 bits per heavy atom. The van der Waals surface area contributed by atoms with E-state index in [4.69, 9.17) is 16.4 Å². The first kappa shape index (κ1) is 14.8. The summed E-state index contributed by atoms with van der Waals surface area (Å²) >= 11 is 0. The quantitative estimate of drug-likeness (QED) is 0.435. The molecule has 0 radical (unpaired) electrons. The van der Waals surface area contributed by atoms with E-state index in [2.05, 4.69) is 28.2 Å². The summed E-state index contributed by atoms with van der Waals surface area (Å²) < 4.78 is 1.07. The lowest BCUT2D eigenvalue weighted by molar-refractivity contribution is -1.32. The van der Waals surface area contributed by atoms with Crippen LogP contribution in [0.1, 0.15) is 12.8 Å². The minimum Gasteiger partial charge on any atom is -0.330 e. The molecule has 0 aromatic rings. The van der Waals surface area contributed by atoms with Gasteiger partial charge in [0, 0.05) is 12.8 Å². The topological polar surface area (TPSA) is 61.3 Å². The van der Waals surface area contributed by atoms with E-state index in [1.807, 2.05) is 0 Å². The first-order chi connectivity index (χ1) is 6.83. The average molecular weight is 220 g/mol. The van der Waals surface area contributed by atoms with Crippen LogP contribution in [0.4, 0.5) is 0 Å². The highest BCUT2D eigenvalue weighted by atomic mass is 16.9. The summed E-state index contributed by atoms with van der Waals surface area (Å²) in [6.07, 6.45) is 1.95. The van der Waals surface area contributed by atoms with Crippen molar-refractivity contribution >= 4 is 0 Å². The van der Waals surface area contributed by atoms with Gasteiger partial charge in [-0.15, -0.1) is 9.29 Å². The Morgan fingerprint density at radius 3 is 1.40 bits per heavy atom. The number of hydroxylamine groups is 6. The van der Waals surface area contributed by atoms with Crippen LogP contribution >= 0.6 is 0 Å². The molecule has 0 fully saturated rings. The minimum atomic E-state index is 0.536. The Bertz CT molecular complexity index is 153. The molecule has 5 nitrogen and oxygen atoms in total. The third-order valence-electron chi connectivity index (χ3n) is 2.24. The molecule has 15 heavy (non-hydrogen) atoms. The van der Waals surface area contributed by atoms with Crippen LogP contribution in [0.25, 0.3) is 0 Å². The summed E-state index contributed by atoms with van der Waals surface area (Å²) in [5.41, 5.74) is 11.0. The molecule has 5 heteroatoms. The summed E-state index contributed by atoms with van der Waals surface area (Å²) in [6, 6.07) is 0. The minimum absolute atomic E-state index is 0.536. The van der Waals surface area contributed by atoms with E-state index >= 15 is 0 Å². The van der Waals surface area contributed by atoms with Crippen LogP contribution in [0.15, 0.2) is 0 Å².